The molecule has 4 heteroatoms. The predicted molar refractivity (Wildman–Crippen MR) is 126 cm³/mol. The lowest BCUT2D eigenvalue weighted by atomic mass is 10.0. The maximum atomic E-state index is 11.4. The van der Waals surface area contributed by atoms with Crippen molar-refractivity contribution in [3.63, 3.8) is 0 Å². The molecule has 1 unspecified atom stereocenters. The Morgan fingerprint density at radius 2 is 1.55 bits per heavy atom. The van der Waals surface area contributed by atoms with Crippen molar-refractivity contribution in [3.8, 4) is 11.8 Å². The maximum absolute atomic E-state index is 11.4. The highest BCUT2D eigenvalue weighted by atomic mass is 16.1. The number of carbonyl (C=O) groups is 1. The van der Waals surface area contributed by atoms with Gasteiger partial charge in [-0.1, -0.05) is 60.4 Å². The number of nitrogens with two attached hydrogens (primary N) is 1. The summed E-state index contributed by atoms with van der Waals surface area (Å²) in [4.78, 5) is 16.3. The van der Waals surface area contributed by atoms with Gasteiger partial charge in [-0.25, -0.2) is 0 Å². The second-order valence-electron chi connectivity index (χ2n) is 7.84. The van der Waals surface area contributed by atoms with Gasteiger partial charge in [-0.3, -0.25) is 9.69 Å². The van der Waals surface area contributed by atoms with Crippen LogP contribution >= 0.6 is 0 Å². The second kappa shape index (κ2) is 9.51. The second-order valence-corrected chi connectivity index (χ2v) is 7.84. The number of benzene rings is 3. The molecule has 0 saturated carbocycles. The normalized spacial score (nSPS) is 15.1. The molecule has 0 spiro atoms. The van der Waals surface area contributed by atoms with Crippen LogP contribution in [0.5, 0.6) is 0 Å². The van der Waals surface area contributed by atoms with Crippen LogP contribution < -0.4 is 10.6 Å². The van der Waals surface area contributed by atoms with Gasteiger partial charge in [0.25, 0.3) is 0 Å². The molecule has 2 N–H and O–H groups in total. The number of para-hydroxylation sites is 1. The fourth-order valence-electron chi connectivity index (χ4n) is 4.00. The van der Waals surface area contributed by atoms with Gasteiger partial charge in [0.1, 0.15) is 0 Å². The Balaban J connectivity index is 1.56. The Labute approximate surface area is 184 Å². The van der Waals surface area contributed by atoms with E-state index in [2.05, 4.69) is 76.2 Å². The van der Waals surface area contributed by atoms with Crippen LogP contribution in [0.2, 0.25) is 0 Å². The number of aryl methyl sites for hydroxylation is 1. The predicted octanol–water partition coefficient (Wildman–Crippen LogP) is 4.01. The molecule has 1 atom stereocenters. The van der Waals surface area contributed by atoms with Crippen molar-refractivity contribution in [2.75, 3.05) is 31.1 Å². The topological polar surface area (TPSA) is 49.6 Å². The highest BCUT2D eigenvalue weighted by Crippen LogP contribution is 2.24. The summed E-state index contributed by atoms with van der Waals surface area (Å²) >= 11 is 0. The number of carbonyl (C=O) groups excluding carboxylic acids is 1. The lowest BCUT2D eigenvalue weighted by Crippen LogP contribution is -2.47. The number of hydrogen-bond donors (Lipinski definition) is 1. The average molecular weight is 410 g/mol. The van der Waals surface area contributed by atoms with Gasteiger partial charge in [-0.2, -0.15) is 0 Å². The molecule has 1 aliphatic heterocycles. The van der Waals surface area contributed by atoms with Crippen molar-refractivity contribution < 1.29 is 4.79 Å². The third-order valence-corrected chi connectivity index (χ3v) is 5.77. The highest BCUT2D eigenvalue weighted by molar-refractivity contribution is 5.93. The summed E-state index contributed by atoms with van der Waals surface area (Å²) < 4.78 is 0. The molecule has 1 fully saturated rings. The Hall–Kier alpha value is -3.55. The van der Waals surface area contributed by atoms with Crippen molar-refractivity contribution in [1.82, 2.24) is 4.90 Å². The first-order valence-corrected chi connectivity index (χ1v) is 10.6. The number of anilines is 1. The minimum atomic E-state index is -0.416. The molecule has 156 valence electrons. The van der Waals surface area contributed by atoms with Crippen molar-refractivity contribution in [3.05, 3.63) is 101 Å². The molecule has 0 bridgehead atoms. The van der Waals surface area contributed by atoms with E-state index in [1.54, 1.807) is 6.07 Å². The van der Waals surface area contributed by atoms with Crippen LogP contribution in [0.1, 0.15) is 33.1 Å². The zero-order chi connectivity index (χ0) is 21.6. The molecule has 1 amide bonds. The zero-order valence-electron chi connectivity index (χ0n) is 17.8. The van der Waals surface area contributed by atoms with Crippen LogP contribution in [0, 0.1) is 18.8 Å². The molecule has 3 aromatic carbocycles. The molecule has 0 aliphatic carbocycles. The van der Waals surface area contributed by atoms with E-state index < -0.39 is 5.91 Å². The lowest BCUT2D eigenvalue weighted by molar-refractivity contribution is 0.1000. The summed E-state index contributed by atoms with van der Waals surface area (Å²) in [5.74, 6) is 6.45. The quantitative estimate of drug-likeness (QED) is 0.663. The smallest absolute Gasteiger partial charge is 0.248 e. The fraction of sp³-hybridized carbons (Fsp3) is 0.222. The number of rotatable bonds is 4. The number of hydrogen-bond acceptors (Lipinski definition) is 3. The summed E-state index contributed by atoms with van der Waals surface area (Å²) in [6.45, 7) is 5.81. The molecule has 1 heterocycles. The van der Waals surface area contributed by atoms with Gasteiger partial charge in [-0.05, 0) is 48.4 Å². The van der Waals surface area contributed by atoms with E-state index in [-0.39, 0.29) is 6.04 Å². The third-order valence-electron chi connectivity index (χ3n) is 5.77. The Bertz CT molecular complexity index is 1090. The molecule has 4 nitrogen and oxygen atoms in total. The summed E-state index contributed by atoms with van der Waals surface area (Å²) in [6.07, 6.45) is 0. The van der Waals surface area contributed by atoms with E-state index in [0.29, 0.717) is 5.56 Å². The molecule has 1 aliphatic rings. The van der Waals surface area contributed by atoms with E-state index in [4.69, 9.17) is 5.73 Å². The Morgan fingerprint density at radius 3 is 2.16 bits per heavy atom. The van der Waals surface area contributed by atoms with E-state index >= 15 is 0 Å². The van der Waals surface area contributed by atoms with Crippen molar-refractivity contribution >= 4 is 11.6 Å². The molecule has 0 radical (unpaired) electrons. The molecule has 0 aromatic heterocycles. The largest absolute Gasteiger partial charge is 0.369 e. The minimum absolute atomic E-state index is 0.0225. The summed E-state index contributed by atoms with van der Waals surface area (Å²) in [5.41, 5.74) is 10.3. The van der Waals surface area contributed by atoms with E-state index in [1.807, 2.05) is 25.1 Å². The zero-order valence-corrected chi connectivity index (χ0v) is 17.8. The number of nitrogens with zero attached hydrogens (tertiary/aromatic N) is 2. The fourth-order valence-corrected chi connectivity index (χ4v) is 4.00. The number of piperazine rings is 1. The maximum Gasteiger partial charge on any atom is 0.248 e. The standard InChI is InChI=1S/C27H27N3O/c1-21-20-24(27(28)31)13-12-22(21)14-15-26(23-8-4-2-5-9-23)30-18-16-29(17-19-30)25-10-6-3-7-11-25/h2-13,20,26H,16-19H2,1H3,(H2,28,31). The molecular weight excluding hydrogens is 382 g/mol. The monoisotopic (exact) mass is 409 g/mol. The van der Waals surface area contributed by atoms with Crippen LogP contribution in [0.25, 0.3) is 0 Å². The number of amides is 1. The first-order chi connectivity index (χ1) is 15.1. The minimum Gasteiger partial charge on any atom is -0.369 e. The summed E-state index contributed by atoms with van der Waals surface area (Å²) in [5, 5.41) is 0. The van der Waals surface area contributed by atoms with Crippen LogP contribution in [-0.4, -0.2) is 37.0 Å². The summed E-state index contributed by atoms with van der Waals surface area (Å²) in [7, 11) is 0. The molecule has 3 aromatic rings. The highest BCUT2D eigenvalue weighted by Gasteiger charge is 2.24. The Kier molecular flexibility index (Phi) is 6.35. The van der Waals surface area contributed by atoms with Crippen LogP contribution in [0.15, 0.2) is 78.9 Å². The SMILES string of the molecule is Cc1cc(C(N)=O)ccc1C#CC(c1ccccc1)N1CCN(c2ccccc2)CC1. The van der Waals surface area contributed by atoms with Gasteiger partial charge < -0.3 is 10.6 Å². The van der Waals surface area contributed by atoms with Gasteiger partial charge in [0.15, 0.2) is 0 Å². The Morgan fingerprint density at radius 1 is 0.903 bits per heavy atom. The molecular formula is C27H27N3O. The average Bonchev–Trinajstić information content (AvgIpc) is 2.81. The third kappa shape index (κ3) is 4.96. The summed E-state index contributed by atoms with van der Waals surface area (Å²) in [6, 6.07) is 26.5. The van der Waals surface area contributed by atoms with E-state index in [9.17, 15) is 4.79 Å². The van der Waals surface area contributed by atoms with E-state index in [0.717, 1.165) is 37.3 Å². The van der Waals surface area contributed by atoms with Crippen LogP contribution in [0.3, 0.4) is 0 Å². The van der Waals surface area contributed by atoms with Crippen molar-refractivity contribution in [1.29, 1.82) is 0 Å². The van der Waals surface area contributed by atoms with Gasteiger partial charge in [0, 0.05) is 43.0 Å². The lowest BCUT2D eigenvalue weighted by Gasteiger charge is -2.38. The number of primary amides is 1. The van der Waals surface area contributed by atoms with Crippen molar-refractivity contribution in [2.45, 2.75) is 13.0 Å². The van der Waals surface area contributed by atoms with Gasteiger partial charge in [0.2, 0.25) is 5.91 Å². The van der Waals surface area contributed by atoms with Gasteiger partial charge >= 0.3 is 0 Å². The first-order valence-electron chi connectivity index (χ1n) is 10.6. The molecule has 31 heavy (non-hydrogen) atoms. The van der Waals surface area contributed by atoms with Crippen LogP contribution in [0.4, 0.5) is 5.69 Å². The van der Waals surface area contributed by atoms with Crippen molar-refractivity contribution in [2.24, 2.45) is 5.73 Å². The van der Waals surface area contributed by atoms with Gasteiger partial charge in [0.05, 0.1) is 6.04 Å². The molecule has 4 rings (SSSR count). The van der Waals surface area contributed by atoms with Gasteiger partial charge in [-0.15, -0.1) is 0 Å². The van der Waals surface area contributed by atoms with E-state index in [1.165, 1.54) is 11.3 Å². The van der Waals surface area contributed by atoms with Crippen LogP contribution in [-0.2, 0) is 0 Å². The first kappa shape index (κ1) is 20.7. The molecule has 1 saturated heterocycles.